The third-order valence-corrected chi connectivity index (χ3v) is 6.98. The van der Waals surface area contributed by atoms with Crippen molar-refractivity contribution in [2.24, 2.45) is 0 Å². The minimum Gasteiger partial charge on any atom is -0.497 e. The topological polar surface area (TPSA) is 77.6 Å². The molecule has 0 unspecified atom stereocenters. The van der Waals surface area contributed by atoms with Gasteiger partial charge in [-0.1, -0.05) is 24.3 Å². The van der Waals surface area contributed by atoms with Crippen LogP contribution in [0.3, 0.4) is 0 Å². The maximum absolute atomic E-state index is 13.4. The van der Waals surface area contributed by atoms with Crippen LogP contribution in [0.15, 0.2) is 60.9 Å². The first-order valence-electron chi connectivity index (χ1n) is 12.5. The average molecular weight is 537 g/mol. The summed E-state index contributed by atoms with van der Waals surface area (Å²) in [7, 11) is 1.64. The molecule has 1 amide bonds. The summed E-state index contributed by atoms with van der Waals surface area (Å²) in [5.74, 6) is 0.891. The molecule has 2 aliphatic rings. The third kappa shape index (κ3) is 5.67. The van der Waals surface area contributed by atoms with Gasteiger partial charge in [0.25, 0.3) is 0 Å². The molecule has 1 fully saturated rings. The third-order valence-electron chi connectivity index (χ3n) is 6.98. The summed E-state index contributed by atoms with van der Waals surface area (Å²) in [5.41, 5.74) is 1.21. The van der Waals surface area contributed by atoms with E-state index in [9.17, 15) is 23.2 Å². The van der Waals surface area contributed by atoms with Crippen LogP contribution in [0.4, 0.5) is 19.0 Å². The molecule has 2 aliphatic heterocycles. The standard InChI is InChI=1S/C28H27F3N6O2/c1-39-23-7-2-4-20(14-23)17-34-10-12-35(13-11-34)18-26(38)36-9-8-25(37-19-33-24(16-32)27(36)37)21-5-3-6-22(15-21)28(29,30)31/h2-8,14-15,19H,9-13,17-18H2,1H3. The Hall–Kier alpha value is -4.14. The fourth-order valence-corrected chi connectivity index (χ4v) is 4.96. The van der Waals surface area contributed by atoms with E-state index in [0.29, 0.717) is 24.4 Å². The second kappa shape index (κ2) is 10.9. The van der Waals surface area contributed by atoms with Gasteiger partial charge in [0.05, 0.1) is 24.9 Å². The number of amides is 1. The van der Waals surface area contributed by atoms with Crippen molar-refractivity contribution in [1.82, 2.24) is 19.4 Å². The summed E-state index contributed by atoms with van der Waals surface area (Å²) in [6.45, 7) is 4.09. The number of piperazine rings is 1. The van der Waals surface area contributed by atoms with Crippen LogP contribution in [0.5, 0.6) is 5.75 Å². The van der Waals surface area contributed by atoms with Gasteiger partial charge in [0.15, 0.2) is 11.5 Å². The first-order chi connectivity index (χ1) is 18.8. The van der Waals surface area contributed by atoms with Crippen LogP contribution >= 0.6 is 0 Å². The Labute approximate surface area is 224 Å². The Balaban J connectivity index is 1.27. The van der Waals surface area contributed by atoms with Gasteiger partial charge in [-0.05, 0) is 41.5 Å². The molecule has 2 aromatic carbocycles. The van der Waals surface area contributed by atoms with E-state index < -0.39 is 11.7 Å². The van der Waals surface area contributed by atoms with Crippen LogP contribution < -0.4 is 9.64 Å². The molecule has 5 rings (SSSR count). The SMILES string of the molecule is COc1cccc(CN2CCN(CC(=O)N3CC=C(c4cccc(C(F)(F)F)c4)n4cnc(C#N)c43)CC2)c1. The zero-order valence-electron chi connectivity index (χ0n) is 21.4. The van der Waals surface area contributed by atoms with Gasteiger partial charge in [-0.15, -0.1) is 0 Å². The average Bonchev–Trinajstić information content (AvgIpc) is 3.37. The van der Waals surface area contributed by atoms with Crippen molar-refractivity contribution in [2.75, 3.05) is 51.3 Å². The van der Waals surface area contributed by atoms with E-state index >= 15 is 0 Å². The van der Waals surface area contributed by atoms with E-state index in [1.165, 1.54) is 21.9 Å². The molecule has 1 saturated heterocycles. The molecular formula is C28H27F3N6O2. The number of hydrogen-bond donors (Lipinski definition) is 0. The Bertz CT molecular complexity index is 1430. The monoisotopic (exact) mass is 536 g/mol. The molecule has 3 aromatic rings. The van der Waals surface area contributed by atoms with Crippen molar-refractivity contribution in [3.63, 3.8) is 0 Å². The van der Waals surface area contributed by atoms with Crippen molar-refractivity contribution < 1.29 is 22.7 Å². The normalized spacial score (nSPS) is 16.4. The summed E-state index contributed by atoms with van der Waals surface area (Å²) in [6.07, 6.45) is -1.42. The van der Waals surface area contributed by atoms with Crippen LogP contribution in [0.2, 0.25) is 0 Å². The quantitative estimate of drug-likeness (QED) is 0.477. The highest BCUT2D eigenvalue weighted by Crippen LogP contribution is 2.35. The van der Waals surface area contributed by atoms with Gasteiger partial charge in [0.2, 0.25) is 5.91 Å². The molecular weight excluding hydrogens is 509 g/mol. The summed E-state index contributed by atoms with van der Waals surface area (Å²) in [6, 6.07) is 14.9. The predicted molar refractivity (Wildman–Crippen MR) is 139 cm³/mol. The highest BCUT2D eigenvalue weighted by molar-refractivity contribution is 5.97. The molecule has 0 aliphatic carbocycles. The molecule has 0 spiro atoms. The minimum atomic E-state index is -4.49. The van der Waals surface area contributed by atoms with Crippen molar-refractivity contribution in [3.05, 3.63) is 83.3 Å². The van der Waals surface area contributed by atoms with Crippen LogP contribution in [0.25, 0.3) is 5.70 Å². The van der Waals surface area contributed by atoms with E-state index in [4.69, 9.17) is 4.74 Å². The number of nitrogens with zero attached hydrogens (tertiary/aromatic N) is 6. The predicted octanol–water partition coefficient (Wildman–Crippen LogP) is 3.84. The summed E-state index contributed by atoms with van der Waals surface area (Å²) >= 11 is 0. The largest absolute Gasteiger partial charge is 0.497 e. The second-order valence-corrected chi connectivity index (χ2v) is 9.47. The van der Waals surface area contributed by atoms with Gasteiger partial charge in [-0.25, -0.2) is 4.98 Å². The number of nitriles is 1. The smallest absolute Gasteiger partial charge is 0.416 e. The Morgan fingerprint density at radius 1 is 1.08 bits per heavy atom. The van der Waals surface area contributed by atoms with Gasteiger partial charge in [-0.3, -0.25) is 24.1 Å². The molecule has 0 N–H and O–H groups in total. The van der Waals surface area contributed by atoms with Crippen molar-refractivity contribution in [3.8, 4) is 11.8 Å². The van der Waals surface area contributed by atoms with E-state index in [1.807, 2.05) is 24.3 Å². The highest BCUT2D eigenvalue weighted by Gasteiger charge is 2.33. The van der Waals surface area contributed by atoms with Crippen LogP contribution in [0, 0.1) is 11.3 Å². The Morgan fingerprint density at radius 3 is 2.54 bits per heavy atom. The number of aromatic nitrogens is 2. The molecule has 0 saturated carbocycles. The van der Waals surface area contributed by atoms with E-state index in [1.54, 1.807) is 19.3 Å². The second-order valence-electron chi connectivity index (χ2n) is 9.47. The summed E-state index contributed by atoms with van der Waals surface area (Å²) in [4.78, 5) is 23.4. The Kier molecular flexibility index (Phi) is 7.41. The number of hydrogen-bond acceptors (Lipinski definition) is 6. The molecule has 3 heterocycles. The molecule has 1 aromatic heterocycles. The number of halogens is 3. The first-order valence-corrected chi connectivity index (χ1v) is 12.5. The number of imidazole rings is 1. The lowest BCUT2D eigenvalue weighted by molar-refractivity contribution is -0.137. The number of rotatable bonds is 6. The maximum Gasteiger partial charge on any atom is 0.416 e. The van der Waals surface area contributed by atoms with Gasteiger partial charge >= 0.3 is 6.18 Å². The molecule has 0 bridgehead atoms. The van der Waals surface area contributed by atoms with Crippen molar-refractivity contribution in [2.45, 2.75) is 12.7 Å². The van der Waals surface area contributed by atoms with Crippen LogP contribution in [-0.4, -0.2) is 71.6 Å². The lowest BCUT2D eigenvalue weighted by atomic mass is 10.1. The maximum atomic E-state index is 13.4. The van der Waals surface area contributed by atoms with Gasteiger partial charge < -0.3 is 4.74 Å². The molecule has 11 heteroatoms. The molecule has 202 valence electrons. The van der Waals surface area contributed by atoms with Crippen LogP contribution in [0.1, 0.15) is 22.4 Å². The van der Waals surface area contributed by atoms with Crippen molar-refractivity contribution >= 4 is 17.4 Å². The van der Waals surface area contributed by atoms with Crippen LogP contribution in [-0.2, 0) is 17.5 Å². The first kappa shape index (κ1) is 26.5. The fraction of sp³-hybridized carbons (Fsp3) is 0.321. The summed E-state index contributed by atoms with van der Waals surface area (Å²) in [5, 5.41) is 9.64. The van der Waals surface area contributed by atoms with Gasteiger partial charge in [0, 0.05) is 39.3 Å². The Morgan fingerprint density at radius 2 is 1.82 bits per heavy atom. The zero-order chi connectivity index (χ0) is 27.6. The number of carbonyl (C=O) groups is 1. The van der Waals surface area contributed by atoms with E-state index in [-0.39, 0.29) is 30.5 Å². The highest BCUT2D eigenvalue weighted by atomic mass is 19.4. The fourth-order valence-electron chi connectivity index (χ4n) is 4.96. The summed E-state index contributed by atoms with van der Waals surface area (Å²) < 4.78 is 46.7. The van der Waals surface area contributed by atoms with E-state index in [2.05, 4.69) is 20.9 Å². The molecule has 0 atom stereocenters. The molecule has 8 nitrogen and oxygen atoms in total. The number of carbonyl (C=O) groups excluding carboxylic acids is 1. The lowest BCUT2D eigenvalue weighted by Crippen LogP contribution is -2.50. The molecule has 39 heavy (non-hydrogen) atoms. The lowest BCUT2D eigenvalue weighted by Gasteiger charge is -2.36. The van der Waals surface area contributed by atoms with Gasteiger partial charge in [-0.2, -0.15) is 18.4 Å². The van der Waals surface area contributed by atoms with Crippen molar-refractivity contribution in [1.29, 1.82) is 5.26 Å². The number of alkyl halides is 3. The van der Waals surface area contributed by atoms with E-state index in [0.717, 1.165) is 43.1 Å². The number of ether oxygens (including phenoxy) is 1. The number of fused-ring (bicyclic) bond motifs is 1. The minimum absolute atomic E-state index is 0.0454. The number of anilines is 1. The number of methoxy groups -OCH3 is 1. The van der Waals surface area contributed by atoms with Gasteiger partial charge in [0.1, 0.15) is 18.1 Å². The zero-order valence-corrected chi connectivity index (χ0v) is 21.4. The molecule has 0 radical (unpaired) electrons. The number of benzene rings is 2.